The molecule has 3 heteroatoms. The second kappa shape index (κ2) is 8.52. The smallest absolute Gasteiger partial charge is 0.335 e. The minimum Gasteiger partial charge on any atom is -0.479 e. The lowest BCUT2D eigenvalue weighted by atomic mass is 9.87. The number of carboxylic acid groups (broad SMARTS) is 1. The summed E-state index contributed by atoms with van der Waals surface area (Å²) in [6.45, 7) is 10.8. The van der Waals surface area contributed by atoms with Crippen molar-refractivity contribution in [2.24, 2.45) is 11.8 Å². The summed E-state index contributed by atoms with van der Waals surface area (Å²) in [4.78, 5) is 11.6. The fourth-order valence-electron chi connectivity index (χ4n) is 2.14. The van der Waals surface area contributed by atoms with E-state index in [9.17, 15) is 9.90 Å². The van der Waals surface area contributed by atoms with Crippen molar-refractivity contribution in [3.05, 3.63) is 0 Å². The maximum atomic E-state index is 11.6. The molecular formula is C15H30O3. The zero-order chi connectivity index (χ0) is 14.2. The molecule has 0 heterocycles. The molecule has 0 aliphatic heterocycles. The molecule has 0 aromatic carbocycles. The van der Waals surface area contributed by atoms with Crippen LogP contribution in [0.3, 0.4) is 0 Å². The van der Waals surface area contributed by atoms with E-state index in [1.165, 1.54) is 0 Å². The molecule has 0 radical (unpaired) electrons. The van der Waals surface area contributed by atoms with Crippen LogP contribution in [0.15, 0.2) is 0 Å². The summed E-state index contributed by atoms with van der Waals surface area (Å²) >= 11 is 0. The van der Waals surface area contributed by atoms with Crippen molar-refractivity contribution in [1.82, 2.24) is 0 Å². The minimum atomic E-state index is -0.979. The average Bonchev–Trinajstić information content (AvgIpc) is 2.24. The number of carboxylic acids is 1. The summed E-state index contributed by atoms with van der Waals surface area (Å²) in [7, 11) is 0. The highest BCUT2D eigenvalue weighted by Gasteiger charge is 2.39. The third-order valence-corrected chi connectivity index (χ3v) is 3.00. The highest BCUT2D eigenvalue weighted by Crippen LogP contribution is 2.29. The first-order chi connectivity index (χ1) is 8.34. The van der Waals surface area contributed by atoms with Crippen LogP contribution in [0.2, 0.25) is 0 Å². The van der Waals surface area contributed by atoms with Crippen molar-refractivity contribution in [2.45, 2.75) is 72.3 Å². The Kier molecular flexibility index (Phi) is 8.25. The van der Waals surface area contributed by atoms with Crippen molar-refractivity contribution in [1.29, 1.82) is 0 Å². The molecule has 0 saturated carbocycles. The van der Waals surface area contributed by atoms with E-state index in [0.717, 1.165) is 19.3 Å². The van der Waals surface area contributed by atoms with Crippen LogP contribution in [0.4, 0.5) is 0 Å². The maximum Gasteiger partial charge on any atom is 0.335 e. The zero-order valence-electron chi connectivity index (χ0n) is 12.7. The fourth-order valence-corrected chi connectivity index (χ4v) is 2.14. The van der Waals surface area contributed by atoms with Crippen molar-refractivity contribution < 1.29 is 14.6 Å². The van der Waals surface area contributed by atoms with Gasteiger partial charge in [0, 0.05) is 0 Å². The second-order valence-corrected chi connectivity index (χ2v) is 6.06. The van der Waals surface area contributed by atoms with E-state index in [4.69, 9.17) is 4.74 Å². The second-order valence-electron chi connectivity index (χ2n) is 6.06. The van der Waals surface area contributed by atoms with E-state index in [-0.39, 0.29) is 0 Å². The van der Waals surface area contributed by atoms with Crippen LogP contribution in [-0.2, 0) is 9.53 Å². The van der Waals surface area contributed by atoms with Gasteiger partial charge < -0.3 is 9.84 Å². The summed E-state index contributed by atoms with van der Waals surface area (Å²) < 4.78 is 5.81. The van der Waals surface area contributed by atoms with Crippen LogP contribution in [-0.4, -0.2) is 23.3 Å². The van der Waals surface area contributed by atoms with Crippen LogP contribution in [0.1, 0.15) is 66.7 Å². The van der Waals surface area contributed by atoms with Gasteiger partial charge in [-0.2, -0.15) is 0 Å². The van der Waals surface area contributed by atoms with E-state index in [2.05, 4.69) is 20.8 Å². The Morgan fingerprint density at radius 2 is 1.78 bits per heavy atom. The van der Waals surface area contributed by atoms with E-state index < -0.39 is 11.6 Å². The molecule has 1 N–H and O–H groups in total. The molecule has 18 heavy (non-hydrogen) atoms. The molecule has 0 amide bonds. The summed E-state index contributed by atoms with van der Waals surface area (Å²) in [5.74, 6) is -0.107. The molecule has 0 saturated heterocycles. The fraction of sp³-hybridized carbons (Fsp3) is 0.933. The highest BCUT2D eigenvalue weighted by atomic mass is 16.5. The molecule has 1 atom stereocenters. The SMILES string of the molecule is CCCCCC(CC(C)C)(OCC(C)C)C(=O)O. The van der Waals surface area contributed by atoms with Crippen molar-refractivity contribution in [3.8, 4) is 0 Å². The lowest BCUT2D eigenvalue weighted by Gasteiger charge is -2.32. The number of hydrogen-bond acceptors (Lipinski definition) is 2. The highest BCUT2D eigenvalue weighted by molar-refractivity contribution is 5.77. The van der Waals surface area contributed by atoms with Gasteiger partial charge in [-0.1, -0.05) is 47.5 Å². The first-order valence-corrected chi connectivity index (χ1v) is 7.21. The standard InChI is InChI=1S/C15H30O3/c1-6-7-8-9-15(14(16)17,10-12(2)3)18-11-13(4)5/h12-13H,6-11H2,1-5H3,(H,16,17). The van der Waals surface area contributed by atoms with Gasteiger partial charge in [-0.25, -0.2) is 4.79 Å². The number of aliphatic carboxylic acids is 1. The Hall–Kier alpha value is -0.570. The van der Waals surface area contributed by atoms with Crippen LogP contribution in [0.25, 0.3) is 0 Å². The third kappa shape index (κ3) is 6.39. The van der Waals surface area contributed by atoms with Gasteiger partial charge in [0.15, 0.2) is 5.60 Å². The Morgan fingerprint density at radius 3 is 2.17 bits per heavy atom. The Balaban J connectivity index is 4.72. The molecule has 1 unspecified atom stereocenters. The number of hydrogen-bond donors (Lipinski definition) is 1. The number of carbonyl (C=O) groups is 1. The summed E-state index contributed by atoms with van der Waals surface area (Å²) in [5, 5.41) is 9.56. The lowest BCUT2D eigenvalue weighted by molar-refractivity contribution is -0.171. The van der Waals surface area contributed by atoms with Gasteiger partial charge in [0.1, 0.15) is 0 Å². The molecule has 0 aliphatic rings. The monoisotopic (exact) mass is 258 g/mol. The molecule has 0 aliphatic carbocycles. The van der Waals surface area contributed by atoms with Gasteiger partial charge in [-0.05, 0) is 31.1 Å². The number of ether oxygens (including phenoxy) is 1. The Bertz CT molecular complexity index is 236. The lowest BCUT2D eigenvalue weighted by Crippen LogP contribution is -2.43. The minimum absolute atomic E-state index is 0.329. The largest absolute Gasteiger partial charge is 0.479 e. The third-order valence-electron chi connectivity index (χ3n) is 3.00. The first kappa shape index (κ1) is 17.4. The van der Waals surface area contributed by atoms with Crippen LogP contribution in [0, 0.1) is 11.8 Å². The van der Waals surface area contributed by atoms with E-state index in [0.29, 0.717) is 31.3 Å². The molecule has 0 bridgehead atoms. The maximum absolute atomic E-state index is 11.6. The summed E-state index contributed by atoms with van der Waals surface area (Å²) in [5.41, 5.74) is -0.979. The normalized spacial score (nSPS) is 15.1. The molecule has 0 aromatic heterocycles. The van der Waals surface area contributed by atoms with Gasteiger partial charge >= 0.3 is 5.97 Å². The molecular weight excluding hydrogens is 228 g/mol. The van der Waals surface area contributed by atoms with Crippen molar-refractivity contribution in [2.75, 3.05) is 6.61 Å². The molecule has 3 nitrogen and oxygen atoms in total. The predicted octanol–water partition coefficient (Wildman–Crippen LogP) is 4.11. The average molecular weight is 258 g/mol. The topological polar surface area (TPSA) is 46.5 Å². The molecule has 0 spiro atoms. The predicted molar refractivity (Wildman–Crippen MR) is 74.8 cm³/mol. The summed E-state index contributed by atoms with van der Waals surface area (Å²) in [6, 6.07) is 0. The number of rotatable bonds is 10. The summed E-state index contributed by atoms with van der Waals surface area (Å²) in [6.07, 6.45) is 4.31. The molecule has 0 fully saturated rings. The van der Waals surface area contributed by atoms with E-state index in [1.807, 2.05) is 13.8 Å². The van der Waals surface area contributed by atoms with Crippen LogP contribution < -0.4 is 0 Å². The quantitative estimate of drug-likeness (QED) is 0.600. The Morgan fingerprint density at radius 1 is 1.17 bits per heavy atom. The van der Waals surface area contributed by atoms with Gasteiger partial charge in [0.2, 0.25) is 0 Å². The zero-order valence-corrected chi connectivity index (χ0v) is 12.7. The Labute approximate surface area is 112 Å². The van der Waals surface area contributed by atoms with Crippen molar-refractivity contribution in [3.63, 3.8) is 0 Å². The van der Waals surface area contributed by atoms with Gasteiger partial charge in [0.25, 0.3) is 0 Å². The molecule has 108 valence electrons. The molecule has 0 rings (SSSR count). The van der Waals surface area contributed by atoms with Crippen molar-refractivity contribution >= 4 is 5.97 Å². The van der Waals surface area contributed by atoms with E-state index in [1.54, 1.807) is 0 Å². The van der Waals surface area contributed by atoms with Gasteiger partial charge in [0.05, 0.1) is 6.61 Å². The van der Waals surface area contributed by atoms with E-state index >= 15 is 0 Å². The van der Waals surface area contributed by atoms with Gasteiger partial charge in [-0.15, -0.1) is 0 Å². The number of unbranched alkanes of at least 4 members (excludes halogenated alkanes) is 2. The molecule has 0 aromatic rings. The van der Waals surface area contributed by atoms with Gasteiger partial charge in [-0.3, -0.25) is 0 Å². The van der Waals surface area contributed by atoms with Crippen LogP contribution in [0.5, 0.6) is 0 Å². The van der Waals surface area contributed by atoms with Crippen LogP contribution >= 0.6 is 0 Å². The first-order valence-electron chi connectivity index (χ1n) is 7.21.